The van der Waals surface area contributed by atoms with Crippen molar-refractivity contribution in [3.8, 4) is 0 Å². The molecule has 5 heteroatoms. The van der Waals surface area contributed by atoms with E-state index in [0.29, 0.717) is 0 Å². The van der Waals surface area contributed by atoms with E-state index in [1.54, 1.807) is 0 Å². The maximum Gasteiger partial charge on any atom is 0.253 e. The monoisotopic (exact) mass is 350 g/mol. The zero-order valence-electron chi connectivity index (χ0n) is 15.2. The first kappa shape index (κ1) is 17.1. The average Bonchev–Trinajstić information content (AvgIpc) is 2.68. The minimum atomic E-state index is -0.0725. The Labute approximate surface area is 154 Å². The van der Waals surface area contributed by atoms with Gasteiger partial charge >= 0.3 is 0 Å². The molecule has 0 radical (unpaired) electrons. The summed E-state index contributed by atoms with van der Waals surface area (Å²) in [5.41, 5.74) is 10.5. The Kier molecular flexibility index (Phi) is 4.66. The predicted molar refractivity (Wildman–Crippen MR) is 104 cm³/mol. The van der Waals surface area contributed by atoms with Crippen molar-refractivity contribution in [2.24, 2.45) is 5.73 Å². The standard InChI is InChI=1S/C21H26N4O/c1-24-9-11-25(12-10-24)21(26)16-7-8-19-17(13-16)18(22)14-20(23-19)15-5-3-2-4-6-15/h2-8,13,18,20,23H,9-12,14,22H2,1H3. The quantitative estimate of drug-likeness (QED) is 0.874. The van der Waals surface area contributed by atoms with Crippen LogP contribution in [-0.2, 0) is 0 Å². The molecule has 2 atom stereocenters. The average molecular weight is 350 g/mol. The Morgan fingerprint density at radius 2 is 1.81 bits per heavy atom. The number of hydrogen-bond acceptors (Lipinski definition) is 4. The van der Waals surface area contributed by atoms with Crippen molar-refractivity contribution < 1.29 is 4.79 Å². The third kappa shape index (κ3) is 3.32. The summed E-state index contributed by atoms with van der Waals surface area (Å²) in [5.74, 6) is 0.110. The number of nitrogens with one attached hydrogen (secondary N) is 1. The van der Waals surface area contributed by atoms with Gasteiger partial charge in [-0.25, -0.2) is 0 Å². The molecule has 4 rings (SSSR count). The van der Waals surface area contributed by atoms with Gasteiger partial charge < -0.3 is 20.9 Å². The lowest BCUT2D eigenvalue weighted by Crippen LogP contribution is -2.47. The van der Waals surface area contributed by atoms with Gasteiger partial charge in [-0.3, -0.25) is 4.79 Å². The lowest BCUT2D eigenvalue weighted by atomic mass is 9.89. The van der Waals surface area contributed by atoms with Crippen LogP contribution in [0.15, 0.2) is 48.5 Å². The summed E-state index contributed by atoms with van der Waals surface area (Å²) in [4.78, 5) is 17.0. The number of carbonyl (C=O) groups is 1. The molecule has 2 aromatic carbocycles. The predicted octanol–water partition coefficient (Wildman–Crippen LogP) is 2.63. The summed E-state index contributed by atoms with van der Waals surface area (Å²) in [6.45, 7) is 3.42. The van der Waals surface area contributed by atoms with Crippen LogP contribution in [0.25, 0.3) is 0 Å². The molecule has 136 valence electrons. The van der Waals surface area contributed by atoms with E-state index in [2.05, 4.69) is 41.5 Å². The minimum absolute atomic E-state index is 0.0725. The Morgan fingerprint density at radius 3 is 2.54 bits per heavy atom. The molecule has 0 spiro atoms. The molecule has 2 heterocycles. The molecule has 2 aliphatic heterocycles. The van der Waals surface area contributed by atoms with Crippen LogP contribution in [0.4, 0.5) is 5.69 Å². The van der Waals surface area contributed by atoms with Crippen LogP contribution in [0.1, 0.15) is 40.0 Å². The van der Waals surface area contributed by atoms with Gasteiger partial charge in [-0.15, -0.1) is 0 Å². The van der Waals surface area contributed by atoms with Crippen molar-refractivity contribution in [3.05, 3.63) is 65.2 Å². The summed E-state index contributed by atoms with van der Waals surface area (Å²) in [6, 6.07) is 16.4. The molecule has 0 aromatic heterocycles. The molecule has 3 N–H and O–H groups in total. The molecular formula is C21H26N4O. The number of nitrogens with zero attached hydrogens (tertiary/aromatic N) is 2. The minimum Gasteiger partial charge on any atom is -0.378 e. The number of nitrogens with two attached hydrogens (primary N) is 1. The summed E-state index contributed by atoms with van der Waals surface area (Å²) in [6.07, 6.45) is 0.823. The fraction of sp³-hybridized carbons (Fsp3) is 0.381. The van der Waals surface area contributed by atoms with Gasteiger partial charge in [0.05, 0.1) is 6.04 Å². The third-order valence-electron chi connectivity index (χ3n) is 5.51. The van der Waals surface area contributed by atoms with Crippen molar-refractivity contribution >= 4 is 11.6 Å². The van der Waals surface area contributed by atoms with E-state index in [9.17, 15) is 4.79 Å². The van der Waals surface area contributed by atoms with Gasteiger partial charge in [0.25, 0.3) is 5.91 Å². The van der Waals surface area contributed by atoms with Crippen molar-refractivity contribution in [2.45, 2.75) is 18.5 Å². The maximum atomic E-state index is 12.8. The zero-order valence-corrected chi connectivity index (χ0v) is 15.2. The second-order valence-corrected chi connectivity index (χ2v) is 7.35. The Balaban J connectivity index is 1.54. The molecular weight excluding hydrogens is 324 g/mol. The van der Waals surface area contributed by atoms with Crippen molar-refractivity contribution in [1.29, 1.82) is 0 Å². The molecule has 0 saturated carbocycles. The van der Waals surface area contributed by atoms with Crippen LogP contribution in [-0.4, -0.2) is 48.9 Å². The third-order valence-corrected chi connectivity index (χ3v) is 5.51. The van der Waals surface area contributed by atoms with Gasteiger partial charge in [-0.2, -0.15) is 0 Å². The van der Waals surface area contributed by atoms with Gasteiger partial charge in [0.2, 0.25) is 0 Å². The van der Waals surface area contributed by atoms with Crippen LogP contribution in [0.5, 0.6) is 0 Å². The number of piperazine rings is 1. The Morgan fingerprint density at radius 1 is 1.08 bits per heavy atom. The lowest BCUT2D eigenvalue weighted by Gasteiger charge is -2.34. The van der Waals surface area contributed by atoms with E-state index in [1.165, 1.54) is 5.56 Å². The summed E-state index contributed by atoms with van der Waals surface area (Å²) in [7, 11) is 2.09. The molecule has 2 unspecified atom stereocenters. The topological polar surface area (TPSA) is 61.6 Å². The van der Waals surface area contributed by atoms with Gasteiger partial charge in [-0.05, 0) is 42.8 Å². The summed E-state index contributed by atoms with van der Waals surface area (Å²) >= 11 is 0. The van der Waals surface area contributed by atoms with Gasteiger partial charge in [0.15, 0.2) is 0 Å². The highest BCUT2D eigenvalue weighted by atomic mass is 16.2. The molecule has 0 bridgehead atoms. The van der Waals surface area contributed by atoms with E-state index in [-0.39, 0.29) is 18.0 Å². The van der Waals surface area contributed by atoms with E-state index in [4.69, 9.17) is 5.73 Å². The molecule has 26 heavy (non-hydrogen) atoms. The molecule has 1 amide bonds. The lowest BCUT2D eigenvalue weighted by molar-refractivity contribution is 0.0664. The molecule has 0 aliphatic carbocycles. The van der Waals surface area contributed by atoms with Crippen LogP contribution in [0, 0.1) is 0 Å². The van der Waals surface area contributed by atoms with E-state index in [0.717, 1.165) is 49.4 Å². The summed E-state index contributed by atoms with van der Waals surface area (Å²) < 4.78 is 0. The highest BCUT2D eigenvalue weighted by Gasteiger charge is 2.27. The first-order valence-corrected chi connectivity index (χ1v) is 9.30. The fourth-order valence-electron chi connectivity index (χ4n) is 3.86. The van der Waals surface area contributed by atoms with Crippen molar-refractivity contribution in [1.82, 2.24) is 9.80 Å². The Hall–Kier alpha value is -2.37. The SMILES string of the molecule is CN1CCN(C(=O)c2ccc3c(c2)C(N)CC(c2ccccc2)N3)CC1. The van der Waals surface area contributed by atoms with E-state index < -0.39 is 0 Å². The summed E-state index contributed by atoms with van der Waals surface area (Å²) in [5, 5.41) is 3.58. The smallest absolute Gasteiger partial charge is 0.253 e. The van der Waals surface area contributed by atoms with Crippen LogP contribution in [0.3, 0.4) is 0 Å². The van der Waals surface area contributed by atoms with Crippen molar-refractivity contribution in [2.75, 3.05) is 38.5 Å². The van der Waals surface area contributed by atoms with Crippen LogP contribution in [0.2, 0.25) is 0 Å². The van der Waals surface area contributed by atoms with Crippen LogP contribution >= 0.6 is 0 Å². The molecule has 2 aliphatic rings. The maximum absolute atomic E-state index is 12.8. The molecule has 5 nitrogen and oxygen atoms in total. The van der Waals surface area contributed by atoms with Crippen LogP contribution < -0.4 is 11.1 Å². The number of hydrogen-bond donors (Lipinski definition) is 2. The second-order valence-electron chi connectivity index (χ2n) is 7.35. The highest BCUT2D eigenvalue weighted by Crippen LogP contribution is 2.38. The zero-order chi connectivity index (χ0) is 18.1. The molecule has 1 saturated heterocycles. The number of rotatable bonds is 2. The van der Waals surface area contributed by atoms with Gasteiger partial charge in [0.1, 0.15) is 0 Å². The number of anilines is 1. The van der Waals surface area contributed by atoms with Gasteiger partial charge in [0, 0.05) is 43.5 Å². The molecule has 2 aromatic rings. The Bertz CT molecular complexity index is 784. The van der Waals surface area contributed by atoms with Crippen molar-refractivity contribution in [3.63, 3.8) is 0 Å². The van der Waals surface area contributed by atoms with E-state index in [1.807, 2.05) is 29.2 Å². The number of amides is 1. The molecule has 1 fully saturated rings. The first-order valence-electron chi connectivity index (χ1n) is 9.30. The highest BCUT2D eigenvalue weighted by molar-refractivity contribution is 5.95. The normalized spacial score (nSPS) is 23.2. The number of carbonyl (C=O) groups excluding carboxylic acids is 1. The van der Waals surface area contributed by atoms with Gasteiger partial charge in [-0.1, -0.05) is 30.3 Å². The van der Waals surface area contributed by atoms with E-state index >= 15 is 0 Å². The fourth-order valence-corrected chi connectivity index (χ4v) is 3.86. The number of fused-ring (bicyclic) bond motifs is 1. The largest absolute Gasteiger partial charge is 0.378 e. The first-order chi connectivity index (χ1) is 12.6. The second kappa shape index (κ2) is 7.09. The number of benzene rings is 2. The number of likely N-dealkylation sites (N-methyl/N-ethyl adjacent to an activating group) is 1.